The number of hydrogen-bond donors (Lipinski definition) is 2. The molecule has 0 fully saturated rings. The van der Waals surface area contributed by atoms with Gasteiger partial charge in [-0.25, -0.2) is 9.78 Å². The minimum Gasteiger partial charge on any atom is -0.465 e. The molecule has 0 atom stereocenters. The fourth-order valence-electron chi connectivity index (χ4n) is 1.95. The van der Waals surface area contributed by atoms with Crippen molar-refractivity contribution in [3.05, 3.63) is 52.7 Å². The molecule has 0 spiro atoms. The van der Waals surface area contributed by atoms with Crippen LogP contribution in [0.3, 0.4) is 0 Å². The number of ether oxygens (including phenoxy) is 1. The zero-order valence-corrected chi connectivity index (χ0v) is 14.2. The van der Waals surface area contributed by atoms with Crippen molar-refractivity contribution in [2.24, 2.45) is 0 Å². The molecule has 0 saturated carbocycles. The van der Waals surface area contributed by atoms with Crippen LogP contribution in [-0.4, -0.2) is 30.5 Å². The monoisotopic (exact) mass is 347 g/mol. The van der Waals surface area contributed by atoms with Crippen LogP contribution in [-0.2, 0) is 4.74 Å². The second-order valence-corrected chi connectivity index (χ2v) is 5.41. The number of nitrogens with one attached hydrogen (secondary N) is 2. The molecule has 24 heavy (non-hydrogen) atoms. The van der Waals surface area contributed by atoms with Gasteiger partial charge in [-0.05, 0) is 36.8 Å². The molecule has 0 bridgehead atoms. The summed E-state index contributed by atoms with van der Waals surface area (Å²) in [4.78, 5) is 27.6. The molecule has 0 unspecified atom stereocenters. The Kier molecular flexibility index (Phi) is 6.14. The Morgan fingerprint density at radius 3 is 2.58 bits per heavy atom. The number of halogens is 1. The number of rotatable bonds is 6. The van der Waals surface area contributed by atoms with Crippen molar-refractivity contribution >= 4 is 35.0 Å². The lowest BCUT2D eigenvalue weighted by molar-refractivity contribution is 0.0600. The van der Waals surface area contributed by atoms with Gasteiger partial charge in [-0.2, -0.15) is 0 Å². The van der Waals surface area contributed by atoms with Crippen LogP contribution in [0.15, 0.2) is 36.5 Å². The van der Waals surface area contributed by atoms with Crippen LogP contribution in [0.4, 0.5) is 11.5 Å². The van der Waals surface area contributed by atoms with Gasteiger partial charge in [0.25, 0.3) is 5.91 Å². The molecular weight excluding hydrogens is 330 g/mol. The number of anilines is 2. The molecule has 1 amide bonds. The first-order chi connectivity index (χ1) is 11.5. The zero-order valence-electron chi connectivity index (χ0n) is 13.4. The number of benzene rings is 1. The molecule has 1 heterocycles. The van der Waals surface area contributed by atoms with Crippen LogP contribution < -0.4 is 10.6 Å². The molecule has 2 rings (SSSR count). The lowest BCUT2D eigenvalue weighted by Crippen LogP contribution is -2.24. The molecule has 2 N–H and O–H groups in total. The number of hydrogen-bond acceptors (Lipinski definition) is 5. The van der Waals surface area contributed by atoms with Crippen molar-refractivity contribution in [2.45, 2.75) is 13.3 Å². The van der Waals surface area contributed by atoms with Crippen molar-refractivity contribution < 1.29 is 14.3 Å². The van der Waals surface area contributed by atoms with Gasteiger partial charge in [-0.1, -0.05) is 18.5 Å². The lowest BCUT2D eigenvalue weighted by atomic mass is 10.2. The molecule has 6 nitrogen and oxygen atoms in total. The number of carbonyl (C=O) groups excluding carboxylic acids is 2. The summed E-state index contributed by atoms with van der Waals surface area (Å²) in [5.41, 5.74) is 1.37. The van der Waals surface area contributed by atoms with E-state index in [1.54, 1.807) is 30.3 Å². The van der Waals surface area contributed by atoms with E-state index < -0.39 is 5.97 Å². The number of amides is 1. The molecule has 7 heteroatoms. The molecule has 1 aromatic carbocycles. The number of aromatic nitrogens is 1. The van der Waals surface area contributed by atoms with E-state index in [-0.39, 0.29) is 5.91 Å². The average molecular weight is 348 g/mol. The number of methoxy groups -OCH3 is 1. The van der Waals surface area contributed by atoms with Gasteiger partial charge in [0.15, 0.2) is 0 Å². The van der Waals surface area contributed by atoms with Crippen molar-refractivity contribution in [3.8, 4) is 0 Å². The summed E-state index contributed by atoms with van der Waals surface area (Å²) in [6.07, 6.45) is 2.35. The maximum Gasteiger partial charge on any atom is 0.337 e. The summed E-state index contributed by atoms with van der Waals surface area (Å²) in [7, 11) is 1.31. The van der Waals surface area contributed by atoms with E-state index in [4.69, 9.17) is 11.6 Å². The largest absolute Gasteiger partial charge is 0.465 e. The van der Waals surface area contributed by atoms with Gasteiger partial charge in [0, 0.05) is 12.7 Å². The van der Waals surface area contributed by atoms with E-state index in [9.17, 15) is 9.59 Å². The molecule has 2 aromatic rings. The van der Waals surface area contributed by atoms with Crippen molar-refractivity contribution in [1.29, 1.82) is 0 Å². The summed E-state index contributed by atoms with van der Waals surface area (Å²) in [5, 5.41) is 6.24. The number of esters is 1. The first-order valence-corrected chi connectivity index (χ1v) is 7.82. The van der Waals surface area contributed by atoms with E-state index >= 15 is 0 Å². The Bertz CT molecular complexity index is 732. The summed E-state index contributed by atoms with van der Waals surface area (Å²) in [6, 6.07) is 8.09. The minimum absolute atomic E-state index is 0.165. The lowest BCUT2D eigenvalue weighted by Gasteiger charge is -2.10. The Morgan fingerprint density at radius 2 is 1.96 bits per heavy atom. The van der Waals surface area contributed by atoms with Crippen molar-refractivity contribution in [1.82, 2.24) is 10.3 Å². The number of carbonyl (C=O) groups is 2. The topological polar surface area (TPSA) is 80.3 Å². The zero-order chi connectivity index (χ0) is 17.5. The highest BCUT2D eigenvalue weighted by molar-refractivity contribution is 6.33. The predicted octanol–water partition coefficient (Wildman–Crippen LogP) is 3.41. The summed E-state index contributed by atoms with van der Waals surface area (Å²) in [5.74, 6) is -0.113. The third kappa shape index (κ3) is 4.45. The molecule has 0 saturated heterocycles. The number of nitrogens with zero attached hydrogens (tertiary/aromatic N) is 1. The molecule has 0 aliphatic heterocycles. The Labute approximate surface area is 145 Å². The van der Waals surface area contributed by atoms with Crippen LogP contribution in [0.2, 0.25) is 5.02 Å². The van der Waals surface area contributed by atoms with E-state index in [0.717, 1.165) is 6.42 Å². The fraction of sp³-hybridized carbons (Fsp3) is 0.235. The molecule has 0 radical (unpaired) electrons. The van der Waals surface area contributed by atoms with Gasteiger partial charge in [0.2, 0.25) is 0 Å². The van der Waals surface area contributed by atoms with E-state index in [1.807, 2.05) is 6.92 Å². The second kappa shape index (κ2) is 8.31. The maximum atomic E-state index is 11.8. The van der Waals surface area contributed by atoms with Crippen LogP contribution in [0.5, 0.6) is 0 Å². The summed E-state index contributed by atoms with van der Waals surface area (Å²) < 4.78 is 4.69. The molecule has 0 aliphatic carbocycles. The second-order valence-electron chi connectivity index (χ2n) is 5.00. The van der Waals surface area contributed by atoms with Gasteiger partial charge in [0.05, 0.1) is 28.9 Å². The highest BCUT2D eigenvalue weighted by Gasteiger charge is 2.10. The van der Waals surface area contributed by atoms with Crippen molar-refractivity contribution in [2.75, 3.05) is 19.0 Å². The standard InChI is InChI=1S/C17H18ClN3O3/c1-3-8-19-16(22)12-5-7-15(20-10-12)21-14-9-11(17(23)24-2)4-6-13(14)18/h4-7,9-10H,3,8H2,1-2H3,(H,19,22)(H,20,21). The van der Waals surface area contributed by atoms with Crippen LogP contribution in [0, 0.1) is 0 Å². The number of pyridine rings is 1. The predicted molar refractivity (Wildman–Crippen MR) is 92.9 cm³/mol. The SMILES string of the molecule is CCCNC(=O)c1ccc(Nc2cc(C(=O)OC)ccc2Cl)nc1. The Hall–Kier alpha value is -2.60. The van der Waals surface area contributed by atoms with Gasteiger partial charge in [-0.15, -0.1) is 0 Å². The molecule has 126 valence electrons. The summed E-state index contributed by atoms with van der Waals surface area (Å²) >= 11 is 6.13. The molecular formula is C17H18ClN3O3. The average Bonchev–Trinajstić information content (AvgIpc) is 2.61. The van der Waals surface area contributed by atoms with Gasteiger partial charge in [0.1, 0.15) is 5.82 Å². The van der Waals surface area contributed by atoms with E-state index in [2.05, 4.69) is 20.4 Å². The highest BCUT2D eigenvalue weighted by Crippen LogP contribution is 2.26. The van der Waals surface area contributed by atoms with E-state index in [0.29, 0.717) is 34.2 Å². The van der Waals surface area contributed by atoms with Gasteiger partial charge in [-0.3, -0.25) is 4.79 Å². The van der Waals surface area contributed by atoms with Crippen molar-refractivity contribution in [3.63, 3.8) is 0 Å². The minimum atomic E-state index is -0.453. The third-order valence-electron chi connectivity index (χ3n) is 3.21. The van der Waals surface area contributed by atoms with Gasteiger partial charge < -0.3 is 15.4 Å². The van der Waals surface area contributed by atoms with Crippen LogP contribution in [0.25, 0.3) is 0 Å². The normalized spacial score (nSPS) is 10.1. The Balaban J connectivity index is 2.14. The molecule has 1 aromatic heterocycles. The fourth-order valence-corrected chi connectivity index (χ4v) is 2.11. The van der Waals surface area contributed by atoms with Gasteiger partial charge >= 0.3 is 5.97 Å². The quantitative estimate of drug-likeness (QED) is 0.783. The summed E-state index contributed by atoms with van der Waals surface area (Å²) in [6.45, 7) is 2.60. The first kappa shape index (κ1) is 17.7. The third-order valence-corrected chi connectivity index (χ3v) is 3.54. The maximum absolute atomic E-state index is 11.8. The smallest absolute Gasteiger partial charge is 0.337 e. The molecule has 0 aliphatic rings. The highest BCUT2D eigenvalue weighted by atomic mass is 35.5. The van der Waals surface area contributed by atoms with E-state index in [1.165, 1.54) is 13.3 Å². The van der Waals surface area contributed by atoms with Crippen LogP contribution in [0.1, 0.15) is 34.1 Å². The van der Waals surface area contributed by atoms with Crippen LogP contribution >= 0.6 is 11.6 Å². The first-order valence-electron chi connectivity index (χ1n) is 7.44. The Morgan fingerprint density at radius 1 is 1.21 bits per heavy atom.